The van der Waals surface area contributed by atoms with E-state index in [9.17, 15) is 5.26 Å². The number of pyridine rings is 1. The summed E-state index contributed by atoms with van der Waals surface area (Å²) in [7, 11) is 0. The minimum Gasteiger partial charge on any atom is -0.306 e. The van der Waals surface area contributed by atoms with Crippen molar-refractivity contribution >= 4 is 48.9 Å². The molecule has 9 aliphatic carbocycles. The molecule has 0 radical (unpaired) electrons. The number of benzene rings is 6. The highest BCUT2D eigenvalue weighted by Gasteiger charge is 2.67. The molecule has 3 heterocycles. The van der Waals surface area contributed by atoms with E-state index in [2.05, 4.69) is 126 Å². The summed E-state index contributed by atoms with van der Waals surface area (Å²) < 4.78 is 2.63. The highest BCUT2D eigenvalue weighted by atomic mass is 14.9. The molecule has 64 heavy (non-hydrogen) atoms. The maximum absolute atomic E-state index is 11.5. The Labute approximate surface area is 372 Å². The topological polar surface area (TPSA) is 41.1 Å². The summed E-state index contributed by atoms with van der Waals surface area (Å²) in [5, 5.41) is 19.9. The molecule has 10 unspecified atom stereocenters. The molecule has 6 bridgehead atoms. The van der Waals surface area contributed by atoms with Crippen LogP contribution < -0.4 is 0 Å². The lowest BCUT2D eigenvalue weighted by atomic mass is 9.56. The van der Waals surface area contributed by atoms with Crippen LogP contribution in [0.5, 0.6) is 0 Å². The molecule has 2 spiro atoms. The van der Waals surface area contributed by atoms with Gasteiger partial charge in [0.05, 0.1) is 39.8 Å². The third kappa shape index (κ3) is 3.38. The normalized spacial score (nSPS) is 33.2. The largest absolute Gasteiger partial charge is 0.306 e. The van der Waals surface area contributed by atoms with E-state index in [1.165, 1.54) is 147 Å². The lowest BCUT2D eigenvalue weighted by molar-refractivity contribution is 0.00321. The van der Waals surface area contributed by atoms with Gasteiger partial charge in [-0.25, -0.2) is 0 Å². The van der Waals surface area contributed by atoms with Crippen molar-refractivity contribution < 1.29 is 0 Å². The van der Waals surface area contributed by atoms with Crippen molar-refractivity contribution in [2.75, 3.05) is 0 Å². The molecule has 0 saturated heterocycles. The SMILES string of the molecule is N#Cc1cc2c(c3c1-c1ccccc1C3(c1ccccc1)c1ccccc1)c1c3cc4c(cc3cc3c5c6c(ncc5n2c31)C1CC2CC3CC6CC23C1)C1CC2CC3CC4CC23C1. The second kappa shape index (κ2) is 10.6. The summed E-state index contributed by atoms with van der Waals surface area (Å²) in [4.78, 5) is 5.64. The van der Waals surface area contributed by atoms with Gasteiger partial charge in [-0.1, -0.05) is 91.0 Å². The Morgan fingerprint density at radius 1 is 0.578 bits per heavy atom. The van der Waals surface area contributed by atoms with Gasteiger partial charge in [0.25, 0.3) is 0 Å². The zero-order valence-corrected chi connectivity index (χ0v) is 36.0. The van der Waals surface area contributed by atoms with Crippen LogP contribution in [0.4, 0.5) is 0 Å². The molecular formula is C61H47N3. The van der Waals surface area contributed by atoms with Crippen molar-refractivity contribution in [2.45, 2.75) is 93.3 Å². The van der Waals surface area contributed by atoms with E-state index in [4.69, 9.17) is 4.98 Å². The van der Waals surface area contributed by atoms with Gasteiger partial charge < -0.3 is 4.40 Å². The van der Waals surface area contributed by atoms with Crippen LogP contribution in [0.2, 0.25) is 0 Å². The first kappa shape index (κ1) is 33.5. The van der Waals surface area contributed by atoms with Gasteiger partial charge in [0.2, 0.25) is 0 Å². The van der Waals surface area contributed by atoms with Crippen LogP contribution in [-0.2, 0) is 5.41 Å². The fraction of sp³-hybridized carbons (Fsp3) is 0.344. The quantitative estimate of drug-likeness (QED) is 0.174. The van der Waals surface area contributed by atoms with Crippen LogP contribution in [0.25, 0.3) is 60.0 Å². The Bertz CT molecular complexity index is 3680. The standard InChI is InChI=1S/C61H47N3/c62-29-36-21-49-55(56-51(36)43-13-7-8-14-48(43)61(56,37-9-3-1-4-10-37)38-11-5-2-6-12-38)54-46-24-45-33-16-40-22-39-15-32(25-59(39,40)26-33)44(45)19-31(46)20-47-53-50(64(49)58(47)54)30-63-57-35-18-42-23-41-17-34(52(53)57)27-60(41,42)28-35/h1-14,19-21,24,30,32-35,39-42H,15-18,22-23,25-28H2. The molecule has 0 aliphatic heterocycles. The number of hydrogen-bond donors (Lipinski definition) is 0. The van der Waals surface area contributed by atoms with E-state index in [-0.39, 0.29) is 0 Å². The zero-order valence-electron chi connectivity index (χ0n) is 36.0. The summed E-state index contributed by atoms with van der Waals surface area (Å²) in [5.41, 5.74) is 18.8. The molecule has 0 N–H and O–H groups in total. The van der Waals surface area contributed by atoms with Crippen molar-refractivity contribution in [1.29, 1.82) is 5.26 Å². The number of rotatable bonds is 2. The van der Waals surface area contributed by atoms with Gasteiger partial charge in [0.15, 0.2) is 0 Å². The van der Waals surface area contributed by atoms with E-state index >= 15 is 0 Å². The average molecular weight is 822 g/mol. The van der Waals surface area contributed by atoms with E-state index in [1.807, 2.05) is 0 Å². The first-order chi connectivity index (χ1) is 31.6. The molecule has 6 fully saturated rings. The Morgan fingerprint density at radius 3 is 1.92 bits per heavy atom. The zero-order chi connectivity index (χ0) is 41.2. The Hall–Kier alpha value is -5.98. The molecule has 3 heteroatoms. The van der Waals surface area contributed by atoms with Crippen molar-refractivity contribution in [3.8, 4) is 17.2 Å². The Balaban J connectivity index is 1.07. The summed E-state index contributed by atoms with van der Waals surface area (Å²) in [6, 6.07) is 44.9. The van der Waals surface area contributed by atoms with Gasteiger partial charge in [-0.3, -0.25) is 4.98 Å². The van der Waals surface area contributed by atoms with Gasteiger partial charge >= 0.3 is 0 Å². The number of nitriles is 1. The molecule has 10 atom stereocenters. The predicted octanol–water partition coefficient (Wildman–Crippen LogP) is 14.4. The minimum atomic E-state index is -0.642. The van der Waals surface area contributed by atoms with Crippen LogP contribution >= 0.6 is 0 Å². The van der Waals surface area contributed by atoms with Crippen molar-refractivity contribution in [2.24, 2.45) is 34.5 Å². The van der Waals surface area contributed by atoms with Crippen LogP contribution in [0.3, 0.4) is 0 Å². The molecule has 6 saturated carbocycles. The van der Waals surface area contributed by atoms with Crippen molar-refractivity contribution in [3.05, 3.63) is 166 Å². The lowest BCUT2D eigenvalue weighted by Gasteiger charge is -2.48. The van der Waals surface area contributed by atoms with Crippen LogP contribution in [0.15, 0.2) is 115 Å². The Kier molecular flexibility index (Phi) is 5.54. The fourth-order valence-electron chi connectivity index (χ4n) is 19.3. The second-order valence-electron chi connectivity index (χ2n) is 23.0. The molecular weight excluding hydrogens is 775 g/mol. The molecule has 3 aromatic heterocycles. The monoisotopic (exact) mass is 821 g/mol. The van der Waals surface area contributed by atoms with Crippen LogP contribution in [0, 0.1) is 45.8 Å². The third-order valence-electron chi connectivity index (χ3n) is 21.3. The van der Waals surface area contributed by atoms with Gasteiger partial charge in [-0.15, -0.1) is 0 Å². The number of nitrogens with zero attached hydrogens (tertiary/aromatic N) is 3. The number of fused-ring (bicyclic) bond motifs is 23. The maximum Gasteiger partial charge on any atom is 0.0999 e. The van der Waals surface area contributed by atoms with Crippen molar-refractivity contribution in [3.63, 3.8) is 0 Å². The molecule has 9 aliphatic rings. The van der Waals surface area contributed by atoms with Gasteiger partial charge in [-0.2, -0.15) is 5.26 Å². The van der Waals surface area contributed by atoms with E-state index in [1.54, 1.807) is 16.7 Å². The molecule has 9 aromatic rings. The van der Waals surface area contributed by atoms with Crippen LogP contribution in [0.1, 0.15) is 138 Å². The predicted molar refractivity (Wildman–Crippen MR) is 254 cm³/mol. The summed E-state index contributed by atoms with van der Waals surface area (Å²) in [5.74, 6) is 6.21. The molecule has 0 amide bonds. The average Bonchev–Trinajstić information content (AvgIpc) is 4.16. The van der Waals surface area contributed by atoms with Gasteiger partial charge in [-0.05, 0) is 190 Å². The first-order valence-electron chi connectivity index (χ1n) is 24.9. The molecule has 3 nitrogen and oxygen atoms in total. The first-order valence-corrected chi connectivity index (χ1v) is 24.9. The molecule has 18 rings (SSSR count). The lowest BCUT2D eigenvalue weighted by Crippen LogP contribution is -2.41. The summed E-state index contributed by atoms with van der Waals surface area (Å²) in [6.07, 6.45) is 16.2. The highest BCUT2D eigenvalue weighted by molar-refractivity contribution is 6.33. The van der Waals surface area contributed by atoms with Crippen molar-refractivity contribution in [1.82, 2.24) is 9.38 Å². The number of hydrogen-bond acceptors (Lipinski definition) is 2. The van der Waals surface area contributed by atoms with Gasteiger partial charge in [0.1, 0.15) is 0 Å². The smallest absolute Gasteiger partial charge is 0.0999 e. The summed E-state index contributed by atoms with van der Waals surface area (Å²) in [6.45, 7) is 0. The minimum absolute atomic E-state index is 0.563. The molecule has 306 valence electrons. The summed E-state index contributed by atoms with van der Waals surface area (Å²) >= 11 is 0. The van der Waals surface area contributed by atoms with Crippen LogP contribution in [-0.4, -0.2) is 9.38 Å². The van der Waals surface area contributed by atoms with E-state index in [0.717, 1.165) is 34.8 Å². The third-order valence-corrected chi connectivity index (χ3v) is 21.3. The molecule has 6 aromatic carbocycles. The van der Waals surface area contributed by atoms with Gasteiger partial charge in [0, 0.05) is 38.7 Å². The highest BCUT2D eigenvalue weighted by Crippen LogP contribution is 2.78. The van der Waals surface area contributed by atoms with E-state index < -0.39 is 5.41 Å². The Morgan fingerprint density at radius 2 is 1.20 bits per heavy atom. The number of aromatic nitrogens is 2. The fourth-order valence-corrected chi connectivity index (χ4v) is 19.3. The maximum atomic E-state index is 11.5. The second-order valence-corrected chi connectivity index (χ2v) is 23.0. The van der Waals surface area contributed by atoms with E-state index in [0.29, 0.717) is 34.5 Å².